The minimum atomic E-state index is 0.485. The molecule has 0 aliphatic rings. The summed E-state index contributed by atoms with van der Waals surface area (Å²) in [6.45, 7) is 3.10. The van der Waals surface area contributed by atoms with Gasteiger partial charge in [-0.05, 0) is 55.6 Å². The molecule has 0 spiro atoms. The van der Waals surface area contributed by atoms with Crippen LogP contribution in [0.5, 0.6) is 0 Å². The van der Waals surface area contributed by atoms with Crippen LogP contribution in [0, 0.1) is 0 Å². The maximum absolute atomic E-state index is 6.03. The lowest BCUT2D eigenvalue weighted by molar-refractivity contribution is 0.249. The molecule has 0 aliphatic heterocycles. The molecule has 102 valence electrons. The van der Waals surface area contributed by atoms with Crippen LogP contribution in [0.2, 0.25) is 5.02 Å². The first kappa shape index (κ1) is 14.4. The molecule has 0 radical (unpaired) electrons. The van der Waals surface area contributed by atoms with Gasteiger partial charge >= 0.3 is 0 Å². The lowest BCUT2D eigenvalue weighted by Gasteiger charge is -2.24. The summed E-state index contributed by atoms with van der Waals surface area (Å²) in [6.07, 6.45) is 1.07. The van der Waals surface area contributed by atoms with Crippen molar-refractivity contribution < 1.29 is 0 Å². The second-order valence-electron chi connectivity index (χ2n) is 4.94. The number of hydrogen-bond donors (Lipinski definition) is 1. The fourth-order valence-electron chi connectivity index (χ4n) is 2.09. The van der Waals surface area contributed by atoms with Crippen molar-refractivity contribution in [3.8, 4) is 0 Å². The number of likely N-dealkylation sites (N-methyl/N-ethyl adjacent to an activating group) is 1. The van der Waals surface area contributed by atoms with Crippen molar-refractivity contribution in [3.05, 3.63) is 51.2 Å². The number of benzene rings is 1. The number of rotatable bonds is 5. The van der Waals surface area contributed by atoms with Crippen molar-refractivity contribution in [2.24, 2.45) is 0 Å². The fraction of sp³-hybridized carbons (Fsp3) is 0.333. The van der Waals surface area contributed by atoms with Crippen LogP contribution in [0.4, 0.5) is 5.69 Å². The van der Waals surface area contributed by atoms with Gasteiger partial charge in [-0.25, -0.2) is 0 Å². The quantitative estimate of drug-likeness (QED) is 0.843. The Bertz CT molecular complexity index is 505. The number of hydrogen-bond acceptors (Lipinski definition) is 3. The Balaban J connectivity index is 1.97. The lowest BCUT2D eigenvalue weighted by Crippen LogP contribution is -2.30. The zero-order chi connectivity index (χ0) is 13.8. The van der Waals surface area contributed by atoms with E-state index in [1.54, 1.807) is 6.07 Å². The standard InChI is InChI=1S/C15H19ClN2S/c1-11(6-15-4-3-5-19-15)18(2)10-12-7-13(16)9-14(17)8-12/h3-5,7-9,11H,6,10,17H2,1-2H3. The largest absolute Gasteiger partial charge is 0.399 e. The van der Waals surface area contributed by atoms with Crippen molar-refractivity contribution in [1.29, 1.82) is 0 Å². The summed E-state index contributed by atoms with van der Waals surface area (Å²) in [7, 11) is 2.13. The van der Waals surface area contributed by atoms with Crippen molar-refractivity contribution in [2.45, 2.75) is 25.9 Å². The first-order valence-electron chi connectivity index (χ1n) is 6.32. The van der Waals surface area contributed by atoms with E-state index >= 15 is 0 Å². The Kier molecular flexibility index (Phi) is 4.86. The number of thiophene rings is 1. The molecule has 1 aromatic carbocycles. The highest BCUT2D eigenvalue weighted by atomic mass is 35.5. The van der Waals surface area contributed by atoms with Gasteiger partial charge in [0, 0.05) is 28.2 Å². The summed E-state index contributed by atoms with van der Waals surface area (Å²) in [4.78, 5) is 3.75. The highest BCUT2D eigenvalue weighted by Crippen LogP contribution is 2.19. The average Bonchev–Trinajstić information content (AvgIpc) is 2.80. The Morgan fingerprint density at radius 2 is 2.16 bits per heavy atom. The highest BCUT2D eigenvalue weighted by Gasteiger charge is 2.11. The normalized spacial score (nSPS) is 12.8. The van der Waals surface area contributed by atoms with E-state index in [-0.39, 0.29) is 0 Å². The topological polar surface area (TPSA) is 29.3 Å². The molecular weight excluding hydrogens is 276 g/mol. The van der Waals surface area contributed by atoms with E-state index in [4.69, 9.17) is 17.3 Å². The van der Waals surface area contributed by atoms with Crippen LogP contribution < -0.4 is 5.73 Å². The first-order chi connectivity index (χ1) is 9.04. The van der Waals surface area contributed by atoms with Crippen molar-refractivity contribution in [2.75, 3.05) is 12.8 Å². The van der Waals surface area contributed by atoms with Crippen LogP contribution in [0.25, 0.3) is 0 Å². The number of anilines is 1. The van der Waals surface area contributed by atoms with Gasteiger partial charge < -0.3 is 5.73 Å². The maximum Gasteiger partial charge on any atom is 0.0429 e. The summed E-state index contributed by atoms with van der Waals surface area (Å²) >= 11 is 7.84. The van der Waals surface area contributed by atoms with E-state index in [9.17, 15) is 0 Å². The number of nitrogen functional groups attached to an aromatic ring is 1. The predicted octanol–water partition coefficient (Wildman–Crippen LogP) is 4.05. The second-order valence-corrected chi connectivity index (χ2v) is 6.41. The van der Waals surface area contributed by atoms with Gasteiger partial charge in [0.25, 0.3) is 0 Å². The third-order valence-corrected chi connectivity index (χ3v) is 4.36. The Labute approximate surface area is 123 Å². The lowest BCUT2D eigenvalue weighted by atomic mass is 10.1. The van der Waals surface area contributed by atoms with Crippen LogP contribution in [-0.2, 0) is 13.0 Å². The third kappa shape index (κ3) is 4.23. The monoisotopic (exact) mass is 294 g/mol. The molecule has 19 heavy (non-hydrogen) atoms. The maximum atomic E-state index is 6.03. The van der Waals surface area contributed by atoms with Crippen molar-refractivity contribution >= 4 is 28.6 Å². The molecule has 0 fully saturated rings. The molecule has 1 unspecified atom stereocenters. The number of halogens is 1. The summed E-state index contributed by atoms with van der Waals surface area (Å²) in [5.41, 5.74) is 7.70. The van der Waals surface area contributed by atoms with Gasteiger partial charge in [-0.3, -0.25) is 4.90 Å². The fourth-order valence-corrected chi connectivity index (χ4v) is 3.18. The molecule has 1 atom stereocenters. The molecule has 0 saturated heterocycles. The molecule has 0 aliphatic carbocycles. The minimum absolute atomic E-state index is 0.485. The average molecular weight is 295 g/mol. The van der Waals surface area contributed by atoms with Gasteiger partial charge in [-0.15, -0.1) is 11.3 Å². The number of nitrogens with zero attached hydrogens (tertiary/aromatic N) is 1. The van der Waals surface area contributed by atoms with Crippen LogP contribution in [0.3, 0.4) is 0 Å². The summed E-state index contributed by atoms with van der Waals surface area (Å²) in [5.74, 6) is 0. The van der Waals surface area contributed by atoms with Gasteiger partial charge in [0.05, 0.1) is 0 Å². The molecular formula is C15H19ClN2S. The number of nitrogens with two attached hydrogens (primary N) is 1. The summed E-state index contributed by atoms with van der Waals surface area (Å²) < 4.78 is 0. The van der Waals surface area contributed by atoms with Gasteiger partial charge in [-0.2, -0.15) is 0 Å². The van der Waals surface area contributed by atoms with Gasteiger partial charge in [0.2, 0.25) is 0 Å². The Morgan fingerprint density at radius 1 is 1.37 bits per heavy atom. The van der Waals surface area contributed by atoms with Crippen molar-refractivity contribution in [1.82, 2.24) is 4.90 Å². The molecule has 2 rings (SSSR count). The van der Waals surface area contributed by atoms with Crippen LogP contribution in [0.1, 0.15) is 17.4 Å². The van der Waals surface area contributed by atoms with E-state index in [1.807, 2.05) is 23.5 Å². The van der Waals surface area contributed by atoms with E-state index < -0.39 is 0 Å². The smallest absolute Gasteiger partial charge is 0.0429 e. The predicted molar refractivity (Wildman–Crippen MR) is 84.8 cm³/mol. The molecule has 1 heterocycles. The van der Waals surface area contributed by atoms with Crippen molar-refractivity contribution in [3.63, 3.8) is 0 Å². The van der Waals surface area contributed by atoms with Crippen LogP contribution >= 0.6 is 22.9 Å². The molecule has 0 amide bonds. The highest BCUT2D eigenvalue weighted by molar-refractivity contribution is 7.09. The zero-order valence-corrected chi connectivity index (χ0v) is 12.8. The molecule has 2 N–H and O–H groups in total. The second kappa shape index (κ2) is 6.42. The molecule has 1 aromatic heterocycles. The molecule has 0 bridgehead atoms. The van der Waals surface area contributed by atoms with Gasteiger partial charge in [-0.1, -0.05) is 17.7 Å². The summed E-state index contributed by atoms with van der Waals surface area (Å²) in [5, 5.41) is 2.83. The Morgan fingerprint density at radius 3 is 2.79 bits per heavy atom. The van der Waals surface area contributed by atoms with E-state index in [2.05, 4.69) is 36.4 Å². The van der Waals surface area contributed by atoms with E-state index in [1.165, 1.54) is 4.88 Å². The van der Waals surface area contributed by atoms with E-state index in [0.29, 0.717) is 11.1 Å². The van der Waals surface area contributed by atoms with Crippen LogP contribution in [0.15, 0.2) is 35.7 Å². The van der Waals surface area contributed by atoms with E-state index in [0.717, 1.165) is 24.2 Å². The third-order valence-electron chi connectivity index (χ3n) is 3.24. The zero-order valence-electron chi connectivity index (χ0n) is 11.3. The van der Waals surface area contributed by atoms with Gasteiger partial charge in [0.15, 0.2) is 0 Å². The molecule has 4 heteroatoms. The minimum Gasteiger partial charge on any atom is -0.399 e. The SMILES string of the molecule is CC(Cc1cccs1)N(C)Cc1cc(N)cc(Cl)c1. The summed E-state index contributed by atoms with van der Waals surface area (Å²) in [6, 6.07) is 10.5. The van der Waals surface area contributed by atoms with Crippen LogP contribution in [-0.4, -0.2) is 18.0 Å². The molecule has 0 saturated carbocycles. The van der Waals surface area contributed by atoms with Gasteiger partial charge in [0.1, 0.15) is 0 Å². The Hall–Kier alpha value is -1.03. The molecule has 2 aromatic rings. The molecule has 2 nitrogen and oxygen atoms in total. The first-order valence-corrected chi connectivity index (χ1v) is 7.58.